The zero-order valence-corrected chi connectivity index (χ0v) is 18.7. The summed E-state index contributed by atoms with van der Waals surface area (Å²) in [5.41, 5.74) is 0.861. The van der Waals surface area contributed by atoms with Crippen molar-refractivity contribution >= 4 is 45.8 Å². The minimum atomic E-state index is -0.409. The number of piperidine rings is 3. The molecule has 0 spiro atoms. The van der Waals surface area contributed by atoms with Gasteiger partial charge in [-0.05, 0) is 67.2 Å². The van der Waals surface area contributed by atoms with Crippen molar-refractivity contribution in [1.82, 2.24) is 10.2 Å². The maximum absolute atomic E-state index is 12.8. The molecule has 3 aliphatic heterocycles. The number of nitrogens with zero attached hydrogens (tertiary/aromatic N) is 1. The van der Waals surface area contributed by atoms with Crippen LogP contribution in [0.2, 0.25) is 0 Å². The van der Waals surface area contributed by atoms with Crippen LogP contribution in [0.1, 0.15) is 31.1 Å². The molecule has 4 nitrogen and oxygen atoms in total. The molecule has 1 aliphatic carbocycles. The Morgan fingerprint density at radius 3 is 2.81 bits per heavy atom. The lowest BCUT2D eigenvalue weighted by Gasteiger charge is -2.44. The van der Waals surface area contributed by atoms with Gasteiger partial charge in [-0.25, -0.2) is 4.79 Å². The van der Waals surface area contributed by atoms with Gasteiger partial charge in [0.25, 0.3) is 0 Å². The van der Waals surface area contributed by atoms with E-state index in [9.17, 15) is 4.79 Å². The number of rotatable bonds is 4. The van der Waals surface area contributed by atoms with E-state index in [1.807, 2.05) is 0 Å². The highest BCUT2D eigenvalue weighted by Crippen LogP contribution is 2.32. The van der Waals surface area contributed by atoms with Gasteiger partial charge >= 0.3 is 6.09 Å². The number of thiophene rings is 1. The maximum atomic E-state index is 12.8. The molecule has 5 rings (SSSR count). The molecule has 2 bridgehead atoms. The molecule has 7 heteroatoms. The van der Waals surface area contributed by atoms with Crippen LogP contribution in [-0.4, -0.2) is 42.3 Å². The molecule has 1 aromatic heterocycles. The Hall–Kier alpha value is -0.820. The molecule has 1 unspecified atom stereocenters. The van der Waals surface area contributed by atoms with Gasteiger partial charge in [0.05, 0.1) is 5.54 Å². The van der Waals surface area contributed by atoms with E-state index >= 15 is 0 Å². The summed E-state index contributed by atoms with van der Waals surface area (Å²) in [4.78, 5) is 16.4. The molecular weight excluding hydrogens is 448 g/mol. The maximum Gasteiger partial charge on any atom is 0.408 e. The number of ether oxygens (including phenoxy) is 1. The van der Waals surface area contributed by atoms with Crippen LogP contribution in [0.5, 0.6) is 0 Å². The first-order valence-electron chi connectivity index (χ1n) is 9.30. The van der Waals surface area contributed by atoms with Crippen LogP contribution in [-0.2, 0) is 11.2 Å². The smallest absolute Gasteiger partial charge is 0.408 e. The van der Waals surface area contributed by atoms with Crippen LogP contribution in [0.25, 0.3) is 0 Å². The number of alkyl carbamates (subject to hydrolysis) is 1. The number of amides is 1. The lowest BCUT2D eigenvalue weighted by Crippen LogP contribution is -2.55. The second-order valence-corrected chi connectivity index (χ2v) is 9.73. The number of nitrogens with one attached hydrogen (secondary N) is 1. The van der Waals surface area contributed by atoms with E-state index in [4.69, 9.17) is 4.74 Å². The molecule has 1 N–H and O–H groups in total. The van der Waals surface area contributed by atoms with Crippen LogP contribution in [0.3, 0.4) is 0 Å². The highest BCUT2D eigenvalue weighted by molar-refractivity contribution is 9.10. The predicted molar refractivity (Wildman–Crippen MR) is 116 cm³/mol. The van der Waals surface area contributed by atoms with Crippen LogP contribution in [0, 0.1) is 5.92 Å². The average molecular weight is 474 g/mol. The average Bonchev–Trinajstić information content (AvgIpc) is 3.00. The highest BCUT2D eigenvalue weighted by Gasteiger charge is 2.38. The van der Waals surface area contributed by atoms with Crippen LogP contribution in [0.15, 0.2) is 39.7 Å². The van der Waals surface area contributed by atoms with E-state index in [-0.39, 0.29) is 24.6 Å². The Morgan fingerprint density at radius 2 is 2.22 bits per heavy atom. The number of carbonyl (C=O) groups excluding carboxylic acids is 1. The van der Waals surface area contributed by atoms with Crippen molar-refractivity contribution < 1.29 is 9.53 Å². The number of allylic oxidation sites excluding steroid dienone is 2. The van der Waals surface area contributed by atoms with Crippen molar-refractivity contribution in [3.05, 3.63) is 44.6 Å². The molecule has 4 aliphatic rings. The SMILES string of the molecule is CC1=CC=C[C@@](Cc2cc(Br)cs2)(NC(=O)OC2CN3CCC2CC3)C1.Cl. The summed E-state index contributed by atoms with van der Waals surface area (Å²) in [6.45, 7) is 5.30. The van der Waals surface area contributed by atoms with Gasteiger partial charge in [-0.3, -0.25) is 4.90 Å². The molecule has 0 radical (unpaired) electrons. The molecule has 4 heterocycles. The van der Waals surface area contributed by atoms with Crippen LogP contribution < -0.4 is 5.32 Å². The molecular formula is C20H26BrClN2O2S. The largest absolute Gasteiger partial charge is 0.445 e. The van der Waals surface area contributed by atoms with Gasteiger partial charge < -0.3 is 10.1 Å². The fourth-order valence-electron chi connectivity index (χ4n) is 4.44. The Bertz CT molecular complexity index is 742. The standard InChI is InChI=1S/C20H25BrN2O2S.ClH/c1-14-3-2-6-20(10-14,11-17-9-16(21)13-26-17)22-19(24)25-18-12-23-7-4-15(18)5-8-23;/h2-3,6,9,13,15,18H,4-5,7-8,10-12H2,1H3,(H,22,24);1H/t18?,20-;/m1./s1. The van der Waals surface area contributed by atoms with Crippen molar-refractivity contribution in [3.8, 4) is 0 Å². The van der Waals surface area contributed by atoms with E-state index < -0.39 is 5.54 Å². The zero-order chi connectivity index (χ0) is 18.1. The zero-order valence-electron chi connectivity index (χ0n) is 15.4. The molecule has 27 heavy (non-hydrogen) atoms. The monoisotopic (exact) mass is 472 g/mol. The second-order valence-electron chi connectivity index (χ2n) is 7.82. The molecule has 0 saturated carbocycles. The van der Waals surface area contributed by atoms with Gasteiger partial charge in [-0.2, -0.15) is 0 Å². The fourth-order valence-corrected chi connectivity index (χ4v) is 6.01. The Morgan fingerprint density at radius 1 is 1.44 bits per heavy atom. The summed E-state index contributed by atoms with van der Waals surface area (Å²) in [6.07, 6.45) is 9.93. The normalized spacial score (nSPS) is 31.8. The summed E-state index contributed by atoms with van der Waals surface area (Å²) in [6, 6.07) is 2.13. The van der Waals surface area contributed by atoms with Crippen LogP contribution >= 0.6 is 39.7 Å². The van der Waals surface area contributed by atoms with E-state index in [1.165, 1.54) is 10.5 Å². The van der Waals surface area contributed by atoms with E-state index in [0.717, 1.165) is 49.8 Å². The highest BCUT2D eigenvalue weighted by atomic mass is 79.9. The predicted octanol–water partition coefficient (Wildman–Crippen LogP) is 4.94. The van der Waals surface area contributed by atoms with Gasteiger partial charge in [-0.15, -0.1) is 23.7 Å². The number of hydrogen-bond donors (Lipinski definition) is 1. The van der Waals surface area contributed by atoms with Gasteiger partial charge in [-0.1, -0.05) is 23.8 Å². The first-order valence-corrected chi connectivity index (χ1v) is 11.0. The quantitative estimate of drug-likeness (QED) is 0.673. The summed E-state index contributed by atoms with van der Waals surface area (Å²) in [5, 5.41) is 5.30. The molecule has 1 aromatic rings. The summed E-state index contributed by atoms with van der Waals surface area (Å²) in [7, 11) is 0. The molecule has 148 valence electrons. The van der Waals surface area contributed by atoms with Crippen molar-refractivity contribution in [2.45, 2.75) is 44.2 Å². The summed E-state index contributed by atoms with van der Waals surface area (Å²) >= 11 is 5.24. The number of carbonyl (C=O) groups is 1. The Labute approximate surface area is 179 Å². The van der Waals surface area contributed by atoms with Crippen molar-refractivity contribution in [2.24, 2.45) is 5.92 Å². The molecule has 3 saturated heterocycles. The van der Waals surface area contributed by atoms with Crippen LogP contribution in [0.4, 0.5) is 4.79 Å². The molecule has 3 fully saturated rings. The minimum Gasteiger partial charge on any atom is -0.445 e. The van der Waals surface area contributed by atoms with Gasteiger partial charge in [0.15, 0.2) is 0 Å². The number of hydrogen-bond acceptors (Lipinski definition) is 4. The minimum absolute atomic E-state index is 0. The third kappa shape index (κ3) is 4.97. The fraction of sp³-hybridized carbons (Fsp3) is 0.550. The van der Waals surface area contributed by atoms with Gasteiger partial charge in [0.2, 0.25) is 0 Å². The molecule has 0 aromatic carbocycles. The molecule has 1 amide bonds. The molecule has 2 atom stereocenters. The van der Waals surface area contributed by atoms with E-state index in [2.05, 4.69) is 62.7 Å². The summed E-state index contributed by atoms with van der Waals surface area (Å²) < 4.78 is 6.97. The number of fused-ring (bicyclic) bond motifs is 3. The topological polar surface area (TPSA) is 41.6 Å². The third-order valence-electron chi connectivity index (χ3n) is 5.71. The Balaban J connectivity index is 0.00000210. The van der Waals surface area contributed by atoms with Crippen molar-refractivity contribution in [3.63, 3.8) is 0 Å². The van der Waals surface area contributed by atoms with Crippen molar-refractivity contribution in [2.75, 3.05) is 19.6 Å². The van der Waals surface area contributed by atoms with Gasteiger partial charge in [0, 0.05) is 27.7 Å². The van der Waals surface area contributed by atoms with Crippen molar-refractivity contribution in [1.29, 1.82) is 0 Å². The number of halogens is 2. The first kappa shape index (κ1) is 20.9. The van der Waals surface area contributed by atoms with E-state index in [0.29, 0.717) is 5.92 Å². The Kier molecular flexibility index (Phi) is 6.72. The lowest BCUT2D eigenvalue weighted by atomic mass is 9.83. The lowest BCUT2D eigenvalue weighted by molar-refractivity contribution is -0.0347. The second kappa shape index (κ2) is 8.68. The van der Waals surface area contributed by atoms with E-state index in [1.54, 1.807) is 11.3 Å². The summed E-state index contributed by atoms with van der Waals surface area (Å²) in [5.74, 6) is 0.526. The third-order valence-corrected chi connectivity index (χ3v) is 7.40. The first-order chi connectivity index (χ1) is 12.5. The van der Waals surface area contributed by atoms with Gasteiger partial charge in [0.1, 0.15) is 6.10 Å².